The van der Waals surface area contributed by atoms with Crippen molar-refractivity contribution in [2.75, 3.05) is 5.75 Å². The molecule has 6 heteroatoms. The summed E-state index contributed by atoms with van der Waals surface area (Å²) in [5.41, 5.74) is 0. The van der Waals surface area contributed by atoms with E-state index in [0.29, 0.717) is 5.16 Å². The molecule has 0 spiro atoms. The Hall–Kier alpha value is -1.04. The highest BCUT2D eigenvalue weighted by Crippen LogP contribution is 2.29. The Morgan fingerprint density at radius 1 is 1.67 bits per heavy atom. The highest BCUT2D eigenvalue weighted by molar-refractivity contribution is 7.99. The predicted octanol–water partition coefficient (Wildman–Crippen LogP) is 1.25. The maximum Gasteiger partial charge on any atom is 0.313 e. The first-order valence-corrected chi connectivity index (χ1v) is 5.96. The van der Waals surface area contributed by atoms with E-state index in [1.165, 1.54) is 31.0 Å². The van der Waals surface area contributed by atoms with Gasteiger partial charge in [0.25, 0.3) is 0 Å². The number of hydrogen-bond acceptors (Lipinski definition) is 4. The zero-order chi connectivity index (χ0) is 10.7. The van der Waals surface area contributed by atoms with Crippen molar-refractivity contribution in [1.29, 1.82) is 0 Å². The summed E-state index contributed by atoms with van der Waals surface area (Å²) in [4.78, 5) is 10.4. The highest BCUT2D eigenvalue weighted by atomic mass is 32.2. The van der Waals surface area contributed by atoms with E-state index in [4.69, 9.17) is 5.11 Å². The Morgan fingerprint density at radius 3 is 3.07 bits per heavy atom. The van der Waals surface area contributed by atoms with E-state index in [2.05, 4.69) is 10.2 Å². The van der Waals surface area contributed by atoms with Gasteiger partial charge < -0.3 is 9.67 Å². The molecule has 0 radical (unpaired) electrons. The monoisotopic (exact) mass is 227 g/mol. The Kier molecular flexibility index (Phi) is 3.25. The standard InChI is InChI=1S/C9H13N3O2S/c13-8(14)5-15-9-11-10-6-12(9)4-7-2-1-3-7/h6-7H,1-5H2,(H,13,14). The Bertz CT molecular complexity index is 349. The van der Waals surface area contributed by atoms with Gasteiger partial charge in [-0.1, -0.05) is 18.2 Å². The van der Waals surface area contributed by atoms with Gasteiger partial charge in [0.2, 0.25) is 0 Å². The fourth-order valence-electron chi connectivity index (χ4n) is 1.56. The molecule has 82 valence electrons. The van der Waals surface area contributed by atoms with Gasteiger partial charge >= 0.3 is 5.97 Å². The van der Waals surface area contributed by atoms with E-state index in [-0.39, 0.29) is 5.75 Å². The van der Waals surface area contributed by atoms with Gasteiger partial charge in [-0.15, -0.1) is 10.2 Å². The molecule has 1 aliphatic carbocycles. The second-order valence-electron chi connectivity index (χ2n) is 3.75. The smallest absolute Gasteiger partial charge is 0.313 e. The van der Waals surface area contributed by atoms with Crippen LogP contribution in [0.25, 0.3) is 0 Å². The predicted molar refractivity (Wildman–Crippen MR) is 55.7 cm³/mol. The van der Waals surface area contributed by atoms with Crippen LogP contribution in [0.2, 0.25) is 0 Å². The van der Waals surface area contributed by atoms with Crippen LogP contribution < -0.4 is 0 Å². The van der Waals surface area contributed by atoms with Crippen LogP contribution in [-0.4, -0.2) is 31.6 Å². The third-order valence-electron chi connectivity index (χ3n) is 2.58. The molecule has 1 fully saturated rings. The summed E-state index contributed by atoms with van der Waals surface area (Å²) in [7, 11) is 0. The van der Waals surface area contributed by atoms with Gasteiger partial charge in [0.1, 0.15) is 6.33 Å². The minimum absolute atomic E-state index is 0.0450. The fourth-order valence-corrected chi connectivity index (χ4v) is 2.21. The Balaban J connectivity index is 1.91. The van der Waals surface area contributed by atoms with Gasteiger partial charge in [0.15, 0.2) is 5.16 Å². The van der Waals surface area contributed by atoms with Crippen LogP contribution in [0.15, 0.2) is 11.5 Å². The van der Waals surface area contributed by atoms with Gasteiger partial charge in [0, 0.05) is 6.54 Å². The van der Waals surface area contributed by atoms with Gasteiger partial charge in [-0.3, -0.25) is 4.79 Å². The first-order chi connectivity index (χ1) is 7.25. The summed E-state index contributed by atoms with van der Waals surface area (Å²) in [5, 5.41) is 17.0. The number of aliphatic carboxylic acids is 1. The first-order valence-electron chi connectivity index (χ1n) is 4.98. The summed E-state index contributed by atoms with van der Waals surface area (Å²) >= 11 is 1.23. The van der Waals surface area contributed by atoms with Crippen LogP contribution in [0.4, 0.5) is 0 Å². The highest BCUT2D eigenvalue weighted by Gasteiger charge is 2.19. The van der Waals surface area contributed by atoms with Gasteiger partial charge in [-0.25, -0.2) is 0 Å². The normalized spacial score (nSPS) is 16.3. The van der Waals surface area contributed by atoms with Crippen LogP contribution >= 0.6 is 11.8 Å². The summed E-state index contributed by atoms with van der Waals surface area (Å²) in [6.07, 6.45) is 5.52. The van der Waals surface area contributed by atoms with Crippen molar-refractivity contribution in [3.63, 3.8) is 0 Å². The zero-order valence-electron chi connectivity index (χ0n) is 8.30. The fraction of sp³-hybridized carbons (Fsp3) is 0.667. The molecular weight excluding hydrogens is 214 g/mol. The van der Waals surface area contributed by atoms with Crippen molar-refractivity contribution >= 4 is 17.7 Å². The minimum atomic E-state index is -0.821. The summed E-state index contributed by atoms with van der Waals surface area (Å²) in [6, 6.07) is 0. The molecule has 0 amide bonds. The van der Waals surface area contributed by atoms with Crippen molar-refractivity contribution < 1.29 is 9.90 Å². The molecule has 0 saturated heterocycles. The molecule has 0 unspecified atom stereocenters. The molecule has 1 saturated carbocycles. The number of thioether (sulfide) groups is 1. The lowest BCUT2D eigenvalue weighted by Gasteiger charge is -2.25. The quantitative estimate of drug-likeness (QED) is 0.767. The van der Waals surface area contributed by atoms with Crippen LogP contribution in [0, 0.1) is 5.92 Å². The van der Waals surface area contributed by atoms with Crippen molar-refractivity contribution in [2.45, 2.75) is 31.0 Å². The number of rotatable bonds is 5. The summed E-state index contributed by atoms with van der Waals surface area (Å²) in [6.45, 7) is 0.926. The van der Waals surface area contributed by atoms with E-state index < -0.39 is 5.97 Å². The van der Waals surface area contributed by atoms with Crippen LogP contribution in [-0.2, 0) is 11.3 Å². The van der Waals surface area contributed by atoms with E-state index in [1.807, 2.05) is 4.57 Å². The molecule has 1 aromatic rings. The van der Waals surface area contributed by atoms with Crippen molar-refractivity contribution in [2.24, 2.45) is 5.92 Å². The zero-order valence-corrected chi connectivity index (χ0v) is 9.11. The average molecular weight is 227 g/mol. The molecule has 2 rings (SSSR count). The molecule has 1 N–H and O–H groups in total. The van der Waals surface area contributed by atoms with Crippen molar-refractivity contribution in [1.82, 2.24) is 14.8 Å². The van der Waals surface area contributed by atoms with E-state index >= 15 is 0 Å². The van der Waals surface area contributed by atoms with Gasteiger partial charge in [-0.2, -0.15) is 0 Å². The molecule has 0 atom stereocenters. The molecule has 5 nitrogen and oxygen atoms in total. The number of nitrogens with zero attached hydrogens (tertiary/aromatic N) is 3. The van der Waals surface area contributed by atoms with Crippen LogP contribution in [0.5, 0.6) is 0 Å². The minimum Gasteiger partial charge on any atom is -0.481 e. The number of hydrogen-bond donors (Lipinski definition) is 1. The number of carboxylic acid groups (broad SMARTS) is 1. The topological polar surface area (TPSA) is 68.0 Å². The van der Waals surface area contributed by atoms with Gasteiger partial charge in [0.05, 0.1) is 5.75 Å². The van der Waals surface area contributed by atoms with E-state index in [9.17, 15) is 4.79 Å². The lowest BCUT2D eigenvalue weighted by molar-refractivity contribution is -0.133. The lowest BCUT2D eigenvalue weighted by Crippen LogP contribution is -2.18. The van der Waals surface area contributed by atoms with E-state index in [0.717, 1.165) is 12.5 Å². The Morgan fingerprint density at radius 2 is 2.47 bits per heavy atom. The second-order valence-corrected chi connectivity index (χ2v) is 4.69. The average Bonchev–Trinajstić information content (AvgIpc) is 2.55. The number of aromatic nitrogens is 3. The van der Waals surface area contributed by atoms with Crippen LogP contribution in [0.1, 0.15) is 19.3 Å². The first kappa shape index (κ1) is 10.5. The summed E-state index contributed by atoms with van der Waals surface area (Å²) in [5.74, 6) is -0.0491. The summed E-state index contributed by atoms with van der Waals surface area (Å²) < 4.78 is 1.96. The molecule has 0 aliphatic heterocycles. The van der Waals surface area contributed by atoms with E-state index in [1.54, 1.807) is 6.33 Å². The largest absolute Gasteiger partial charge is 0.481 e. The molecule has 0 bridgehead atoms. The SMILES string of the molecule is O=C(O)CSc1nncn1CC1CCC1. The maximum absolute atomic E-state index is 10.4. The lowest BCUT2D eigenvalue weighted by atomic mass is 9.85. The molecular formula is C9H13N3O2S. The molecule has 1 aromatic heterocycles. The number of carbonyl (C=O) groups is 1. The number of carboxylic acids is 1. The third-order valence-corrected chi connectivity index (χ3v) is 3.55. The molecule has 0 aromatic carbocycles. The molecule has 1 heterocycles. The molecule has 15 heavy (non-hydrogen) atoms. The Labute approximate surface area is 91.9 Å². The third kappa shape index (κ3) is 2.71. The maximum atomic E-state index is 10.4. The van der Waals surface area contributed by atoms with Gasteiger partial charge in [-0.05, 0) is 18.8 Å². The second kappa shape index (κ2) is 4.65. The molecule has 1 aliphatic rings. The van der Waals surface area contributed by atoms with Crippen molar-refractivity contribution in [3.8, 4) is 0 Å². The van der Waals surface area contributed by atoms with Crippen LogP contribution in [0.3, 0.4) is 0 Å². The van der Waals surface area contributed by atoms with Crippen molar-refractivity contribution in [3.05, 3.63) is 6.33 Å².